The van der Waals surface area contributed by atoms with Gasteiger partial charge in [-0.15, -0.1) is 0 Å². The van der Waals surface area contributed by atoms with Gasteiger partial charge in [-0.25, -0.2) is 18.1 Å². The number of benzene rings is 1. The van der Waals surface area contributed by atoms with E-state index in [0.29, 0.717) is 16.4 Å². The van der Waals surface area contributed by atoms with Gasteiger partial charge in [0.05, 0.1) is 15.8 Å². The van der Waals surface area contributed by atoms with Gasteiger partial charge in [0, 0.05) is 10.0 Å². The maximum absolute atomic E-state index is 12.5. The zero-order valence-corrected chi connectivity index (χ0v) is 15.4. The molecule has 0 spiro atoms. The standard InChI is InChI=1S/C13H15BrClN3O3S/c1-4-13(2,3)18-22(20,21)7-5-8-10(9(14)6-7)16-12(15)17-11(8)19/h5-6,18H,4H2,1-3H3,(H,16,17,19). The smallest absolute Gasteiger partial charge is 0.259 e. The molecule has 0 fully saturated rings. The van der Waals surface area contributed by atoms with E-state index < -0.39 is 21.1 Å². The van der Waals surface area contributed by atoms with Crippen molar-refractivity contribution in [2.24, 2.45) is 0 Å². The van der Waals surface area contributed by atoms with Gasteiger partial charge in [-0.05, 0) is 59.9 Å². The van der Waals surface area contributed by atoms with Gasteiger partial charge in [0.2, 0.25) is 15.3 Å². The first-order chi connectivity index (χ1) is 10.1. The molecule has 22 heavy (non-hydrogen) atoms. The molecule has 0 radical (unpaired) electrons. The molecule has 0 amide bonds. The number of H-pyrrole nitrogens is 1. The van der Waals surface area contributed by atoms with E-state index in [9.17, 15) is 13.2 Å². The van der Waals surface area contributed by atoms with Crippen LogP contribution in [0.5, 0.6) is 0 Å². The number of hydrogen-bond acceptors (Lipinski definition) is 4. The number of aromatic nitrogens is 2. The third-order valence-electron chi connectivity index (χ3n) is 3.31. The Hall–Kier alpha value is -0.960. The molecule has 1 aromatic heterocycles. The lowest BCUT2D eigenvalue weighted by Gasteiger charge is -2.24. The molecular weight excluding hydrogens is 394 g/mol. The van der Waals surface area contributed by atoms with Crippen molar-refractivity contribution in [1.29, 1.82) is 0 Å². The van der Waals surface area contributed by atoms with Gasteiger partial charge in [0.25, 0.3) is 5.56 Å². The van der Waals surface area contributed by atoms with E-state index in [-0.39, 0.29) is 15.6 Å². The molecule has 2 aromatic rings. The predicted molar refractivity (Wildman–Crippen MR) is 89.8 cm³/mol. The summed E-state index contributed by atoms with van der Waals surface area (Å²) in [5.74, 6) is 0. The van der Waals surface area contributed by atoms with Gasteiger partial charge in [-0.3, -0.25) is 9.78 Å². The summed E-state index contributed by atoms with van der Waals surface area (Å²) in [6.45, 7) is 5.46. The number of nitrogens with one attached hydrogen (secondary N) is 2. The van der Waals surface area contributed by atoms with E-state index in [1.807, 2.05) is 6.92 Å². The fraction of sp³-hybridized carbons (Fsp3) is 0.385. The third-order valence-corrected chi connectivity index (χ3v) is 5.77. The number of nitrogens with zero attached hydrogens (tertiary/aromatic N) is 1. The molecule has 0 aliphatic rings. The summed E-state index contributed by atoms with van der Waals surface area (Å²) in [6, 6.07) is 2.69. The van der Waals surface area contributed by atoms with Crippen molar-refractivity contribution >= 4 is 48.5 Å². The summed E-state index contributed by atoms with van der Waals surface area (Å²) in [5.41, 5.74) is -0.782. The number of fused-ring (bicyclic) bond motifs is 1. The SMILES string of the molecule is CCC(C)(C)NS(=O)(=O)c1cc(Br)c2nc(Cl)[nH]c(=O)c2c1. The Morgan fingerprint density at radius 2 is 2.05 bits per heavy atom. The van der Waals surface area contributed by atoms with Crippen molar-refractivity contribution in [1.82, 2.24) is 14.7 Å². The molecule has 9 heteroatoms. The summed E-state index contributed by atoms with van der Waals surface area (Å²) >= 11 is 8.95. The molecule has 0 saturated heterocycles. The quantitative estimate of drug-likeness (QED) is 0.761. The Morgan fingerprint density at radius 1 is 1.41 bits per heavy atom. The zero-order valence-electron chi connectivity index (χ0n) is 12.2. The van der Waals surface area contributed by atoms with E-state index in [2.05, 4.69) is 30.6 Å². The molecule has 2 rings (SSSR count). The summed E-state index contributed by atoms with van der Waals surface area (Å²) in [5, 5.41) is 0.0903. The number of rotatable bonds is 4. The second kappa shape index (κ2) is 5.92. The number of hydrogen-bond donors (Lipinski definition) is 2. The highest BCUT2D eigenvalue weighted by molar-refractivity contribution is 9.10. The molecule has 0 aliphatic carbocycles. The second-order valence-corrected chi connectivity index (χ2v) is 8.40. The summed E-state index contributed by atoms with van der Waals surface area (Å²) in [7, 11) is -3.76. The molecular formula is C13H15BrClN3O3S. The van der Waals surface area contributed by atoms with Crippen LogP contribution in [0.15, 0.2) is 26.3 Å². The molecule has 120 valence electrons. The molecule has 2 N–H and O–H groups in total. The van der Waals surface area contributed by atoms with Crippen LogP contribution in [0, 0.1) is 0 Å². The minimum absolute atomic E-state index is 0.0111. The van der Waals surface area contributed by atoms with Crippen molar-refractivity contribution in [3.8, 4) is 0 Å². The summed E-state index contributed by atoms with van der Waals surface area (Å²) in [6.07, 6.45) is 0.624. The van der Waals surface area contributed by atoms with E-state index in [1.165, 1.54) is 12.1 Å². The number of halogens is 2. The van der Waals surface area contributed by atoms with Gasteiger partial charge in [0.1, 0.15) is 0 Å². The van der Waals surface area contributed by atoms with Crippen LogP contribution in [0.4, 0.5) is 0 Å². The van der Waals surface area contributed by atoms with Crippen molar-refractivity contribution in [3.05, 3.63) is 32.2 Å². The van der Waals surface area contributed by atoms with Crippen LogP contribution in [0.1, 0.15) is 27.2 Å². The Kier molecular flexibility index (Phi) is 4.68. The predicted octanol–water partition coefficient (Wildman–Crippen LogP) is 2.81. The summed E-state index contributed by atoms with van der Waals surface area (Å²) < 4.78 is 28.0. The van der Waals surface area contributed by atoms with Gasteiger partial charge in [0.15, 0.2) is 0 Å². The van der Waals surface area contributed by atoms with E-state index >= 15 is 0 Å². The van der Waals surface area contributed by atoms with Crippen LogP contribution in [0.25, 0.3) is 10.9 Å². The first-order valence-corrected chi connectivity index (χ1v) is 9.14. The van der Waals surface area contributed by atoms with Crippen molar-refractivity contribution in [2.75, 3.05) is 0 Å². The van der Waals surface area contributed by atoms with Crippen LogP contribution in [-0.2, 0) is 10.0 Å². The van der Waals surface area contributed by atoms with Crippen molar-refractivity contribution < 1.29 is 8.42 Å². The highest BCUT2D eigenvalue weighted by atomic mass is 79.9. The Morgan fingerprint density at radius 3 is 2.64 bits per heavy atom. The lowest BCUT2D eigenvalue weighted by molar-refractivity contribution is 0.439. The minimum atomic E-state index is -3.76. The van der Waals surface area contributed by atoms with E-state index in [1.54, 1.807) is 13.8 Å². The number of sulfonamides is 1. The Bertz CT molecular complexity index is 893. The normalized spacial score (nSPS) is 12.8. The minimum Gasteiger partial charge on any atom is -0.297 e. The van der Waals surface area contributed by atoms with Crippen LogP contribution in [0.2, 0.25) is 5.28 Å². The van der Waals surface area contributed by atoms with Gasteiger partial charge >= 0.3 is 0 Å². The molecule has 0 saturated carbocycles. The molecule has 0 aliphatic heterocycles. The monoisotopic (exact) mass is 407 g/mol. The van der Waals surface area contributed by atoms with Crippen LogP contribution < -0.4 is 10.3 Å². The maximum Gasteiger partial charge on any atom is 0.259 e. The van der Waals surface area contributed by atoms with Gasteiger partial charge in [-0.2, -0.15) is 0 Å². The zero-order chi connectivity index (χ0) is 16.7. The first kappa shape index (κ1) is 17.4. The van der Waals surface area contributed by atoms with E-state index in [0.717, 1.165) is 0 Å². The molecule has 6 nitrogen and oxygen atoms in total. The van der Waals surface area contributed by atoms with Crippen LogP contribution in [0.3, 0.4) is 0 Å². The molecule has 0 atom stereocenters. The maximum atomic E-state index is 12.5. The van der Waals surface area contributed by atoms with Gasteiger partial charge < -0.3 is 0 Å². The first-order valence-electron chi connectivity index (χ1n) is 6.49. The second-order valence-electron chi connectivity index (χ2n) is 5.50. The fourth-order valence-electron chi connectivity index (χ4n) is 1.80. The highest BCUT2D eigenvalue weighted by Gasteiger charge is 2.25. The molecule has 0 bridgehead atoms. The fourth-order valence-corrected chi connectivity index (χ4v) is 4.20. The highest BCUT2D eigenvalue weighted by Crippen LogP contribution is 2.26. The Labute approximate surface area is 141 Å². The van der Waals surface area contributed by atoms with E-state index in [4.69, 9.17) is 11.6 Å². The lowest BCUT2D eigenvalue weighted by Crippen LogP contribution is -2.42. The number of aromatic amines is 1. The topological polar surface area (TPSA) is 91.9 Å². The average Bonchev–Trinajstić information content (AvgIpc) is 2.38. The molecule has 1 aromatic carbocycles. The molecule has 0 unspecified atom stereocenters. The summed E-state index contributed by atoms with van der Waals surface area (Å²) in [4.78, 5) is 18.3. The van der Waals surface area contributed by atoms with Crippen molar-refractivity contribution in [3.63, 3.8) is 0 Å². The molecule has 1 heterocycles. The lowest BCUT2D eigenvalue weighted by atomic mass is 10.0. The largest absolute Gasteiger partial charge is 0.297 e. The Balaban J connectivity index is 2.66. The van der Waals surface area contributed by atoms with Crippen LogP contribution in [-0.4, -0.2) is 23.9 Å². The van der Waals surface area contributed by atoms with Crippen molar-refractivity contribution in [2.45, 2.75) is 37.6 Å². The van der Waals surface area contributed by atoms with Gasteiger partial charge in [-0.1, -0.05) is 6.92 Å². The van der Waals surface area contributed by atoms with Crippen LogP contribution >= 0.6 is 27.5 Å². The average molecular weight is 409 g/mol. The third kappa shape index (κ3) is 3.51.